The molecule has 2 heterocycles. The molecule has 4 unspecified atom stereocenters. The van der Waals surface area contributed by atoms with Crippen LogP contribution in [-0.4, -0.2) is 106 Å². The highest BCUT2D eigenvalue weighted by atomic mass is 32.2. The number of aromatic amines is 1. The lowest BCUT2D eigenvalue weighted by Gasteiger charge is -2.17. The molecule has 0 saturated heterocycles. The van der Waals surface area contributed by atoms with E-state index in [4.69, 9.17) is 5.73 Å². The fourth-order valence-electron chi connectivity index (χ4n) is 5.53. The molecule has 3 rings (SSSR count). The molecular weight excluding hydrogens is 756 g/mol. The first-order valence-corrected chi connectivity index (χ1v) is 18.8. The van der Waals surface area contributed by atoms with Crippen molar-refractivity contribution >= 4 is 76.0 Å². The van der Waals surface area contributed by atoms with Crippen molar-refractivity contribution in [2.24, 2.45) is 11.8 Å². The number of nitrogens with two attached hydrogens (primary N) is 1. The molecule has 10 N–H and O–H groups in total. The van der Waals surface area contributed by atoms with Gasteiger partial charge in [0.05, 0.1) is 30.3 Å². The molecule has 0 radical (unpaired) electrons. The Bertz CT molecular complexity index is 1960. The van der Waals surface area contributed by atoms with E-state index < -0.39 is 83.8 Å². The van der Waals surface area contributed by atoms with Crippen LogP contribution in [0.25, 0.3) is 11.2 Å². The summed E-state index contributed by atoms with van der Waals surface area (Å²) < 4.78 is 0. The molecule has 0 saturated carbocycles. The second-order valence-electron chi connectivity index (χ2n) is 12.9. The Balaban J connectivity index is 1.45. The molecule has 0 bridgehead atoms. The highest BCUT2D eigenvalue weighted by molar-refractivity contribution is 7.98. The van der Waals surface area contributed by atoms with Crippen LogP contribution in [0.5, 0.6) is 0 Å². The minimum absolute atomic E-state index is 0.00943. The number of rotatable bonds is 25. The molecule has 4 atom stereocenters. The lowest BCUT2D eigenvalue weighted by Crippen LogP contribution is -2.41. The number of aromatic nitrogens is 4. The Morgan fingerprint density at radius 1 is 0.804 bits per heavy atom. The van der Waals surface area contributed by atoms with Crippen LogP contribution in [0, 0.1) is 11.8 Å². The molecule has 0 aliphatic heterocycles. The predicted octanol–water partition coefficient (Wildman–Crippen LogP) is 1.50. The van der Waals surface area contributed by atoms with Gasteiger partial charge in [0, 0.05) is 36.3 Å². The van der Waals surface area contributed by atoms with Crippen molar-refractivity contribution in [3.05, 3.63) is 52.1 Å². The van der Waals surface area contributed by atoms with Gasteiger partial charge >= 0.3 is 23.9 Å². The number of amides is 2. The average Bonchev–Trinajstić information content (AvgIpc) is 3.14. The Morgan fingerprint density at radius 3 is 2.07 bits per heavy atom. The number of carbonyl (C=O) groups is 7. The molecule has 2 amide bonds. The van der Waals surface area contributed by atoms with Crippen LogP contribution in [0.1, 0.15) is 73.8 Å². The van der Waals surface area contributed by atoms with Crippen LogP contribution in [0.4, 0.5) is 11.6 Å². The molecule has 21 heteroatoms. The number of fused-ring (bicyclic) bond motifs is 1. The molecule has 2 aromatic heterocycles. The van der Waals surface area contributed by atoms with E-state index in [0.29, 0.717) is 36.4 Å². The summed E-state index contributed by atoms with van der Waals surface area (Å²) >= 11 is 1.39. The van der Waals surface area contributed by atoms with E-state index in [0.717, 1.165) is 0 Å². The van der Waals surface area contributed by atoms with Gasteiger partial charge in [0.2, 0.25) is 11.9 Å². The largest absolute Gasteiger partial charge is 0.481 e. The van der Waals surface area contributed by atoms with Crippen molar-refractivity contribution in [1.82, 2.24) is 30.6 Å². The van der Waals surface area contributed by atoms with Crippen LogP contribution in [0.3, 0.4) is 0 Å². The minimum atomic E-state index is -1.48. The monoisotopic (exact) mass is 800 g/mol. The van der Waals surface area contributed by atoms with Crippen molar-refractivity contribution in [1.29, 1.82) is 0 Å². The van der Waals surface area contributed by atoms with Gasteiger partial charge in [0.15, 0.2) is 11.2 Å². The lowest BCUT2D eigenvalue weighted by atomic mass is 9.94. The summed E-state index contributed by atoms with van der Waals surface area (Å²) in [6.45, 7) is 0.159. The first-order valence-electron chi connectivity index (χ1n) is 17.4. The highest BCUT2D eigenvalue weighted by Crippen LogP contribution is 2.18. The lowest BCUT2D eigenvalue weighted by molar-refractivity contribution is -0.145. The third-order valence-electron chi connectivity index (χ3n) is 8.61. The normalized spacial score (nSPS) is 13.2. The van der Waals surface area contributed by atoms with Gasteiger partial charge in [-0.25, -0.2) is 19.6 Å². The maximum Gasteiger partial charge on any atom is 0.326 e. The number of benzene rings is 1. The van der Waals surface area contributed by atoms with Crippen LogP contribution in [-0.2, 0) is 35.3 Å². The average molecular weight is 801 g/mol. The predicted molar refractivity (Wildman–Crippen MR) is 202 cm³/mol. The first-order chi connectivity index (χ1) is 26.6. The molecule has 0 spiro atoms. The zero-order valence-corrected chi connectivity index (χ0v) is 31.2. The molecule has 1 aromatic carbocycles. The fraction of sp³-hybridized carbons (Fsp3) is 0.457. The van der Waals surface area contributed by atoms with Gasteiger partial charge in [0.1, 0.15) is 17.9 Å². The standard InChI is InChI=1S/C35H44N8O12S/c1-56-17-20(32(50)51)4-2-3-5-24(33(52)53)40-26(45)13-8-19(31(48)49)14-23(44)11-12-25(34(54)55)41-29(46)18-6-9-21(10-7-18)37-15-22-16-38-28-27(39-22)30(47)43-35(36)42-28/h6-7,9-10,16,19-20,24-25,37H,2-5,8,11-15,17H2,1H3,(H,40,45)(H,41,46)(H,48,49)(H,50,51)(H,52,53)(H,54,55)(H3,36,38,42,43,47). The number of hydrogen-bond donors (Lipinski definition) is 9. The van der Waals surface area contributed by atoms with Crippen LogP contribution >= 0.6 is 11.8 Å². The van der Waals surface area contributed by atoms with Crippen molar-refractivity contribution in [3.8, 4) is 0 Å². The smallest absolute Gasteiger partial charge is 0.326 e. The summed E-state index contributed by atoms with van der Waals surface area (Å²) in [6.07, 6.45) is 2.44. The number of anilines is 2. The Morgan fingerprint density at radius 2 is 1.45 bits per heavy atom. The van der Waals surface area contributed by atoms with E-state index in [1.54, 1.807) is 18.4 Å². The fourth-order valence-corrected chi connectivity index (χ4v) is 6.24. The second kappa shape index (κ2) is 21.7. The highest BCUT2D eigenvalue weighted by Gasteiger charge is 2.27. The van der Waals surface area contributed by atoms with E-state index in [1.807, 2.05) is 0 Å². The molecule has 0 aliphatic carbocycles. The second-order valence-corrected chi connectivity index (χ2v) is 13.8. The number of Topliss-reactive ketones (excluding diaryl/α,β-unsaturated/α-hetero) is 1. The Kier molecular flexibility index (Phi) is 17.1. The molecule has 20 nitrogen and oxygen atoms in total. The zero-order valence-electron chi connectivity index (χ0n) is 30.4. The number of carboxylic acids is 4. The molecule has 302 valence electrons. The number of carbonyl (C=O) groups excluding carboxylic acids is 3. The summed E-state index contributed by atoms with van der Waals surface area (Å²) in [5.74, 6) is -8.66. The number of thioether (sulfide) groups is 1. The van der Waals surface area contributed by atoms with Crippen molar-refractivity contribution in [3.63, 3.8) is 0 Å². The van der Waals surface area contributed by atoms with Gasteiger partial charge in [-0.3, -0.25) is 33.8 Å². The number of aliphatic carboxylic acids is 4. The number of H-pyrrole nitrogens is 1. The number of carboxylic acid groups (broad SMARTS) is 4. The Labute approximate surface area is 323 Å². The van der Waals surface area contributed by atoms with Gasteiger partial charge in [-0.2, -0.15) is 16.7 Å². The third kappa shape index (κ3) is 14.3. The summed E-state index contributed by atoms with van der Waals surface area (Å²) in [5.41, 5.74) is 6.16. The number of nitrogens with one attached hydrogen (secondary N) is 4. The molecule has 0 fully saturated rings. The first kappa shape index (κ1) is 44.3. The SMILES string of the molecule is CSCC(CCCCC(NC(=O)CCC(CC(=O)CCC(NC(=O)c1ccc(NCc2cnc3nc(N)[nH]c(=O)c3n2)cc1)C(=O)O)C(=O)O)C(=O)O)C(=O)O. The third-order valence-corrected chi connectivity index (χ3v) is 9.35. The number of hydrogen-bond acceptors (Lipinski definition) is 14. The van der Waals surface area contributed by atoms with Gasteiger partial charge in [-0.05, 0) is 56.2 Å². The quantitative estimate of drug-likeness (QED) is 0.0548. The number of nitrogens with zero attached hydrogens (tertiary/aromatic N) is 3. The van der Waals surface area contributed by atoms with E-state index in [9.17, 15) is 58.8 Å². The van der Waals surface area contributed by atoms with Gasteiger partial charge < -0.3 is 42.1 Å². The molecule has 3 aromatic rings. The number of nitrogen functional groups attached to an aromatic ring is 1. The zero-order chi connectivity index (χ0) is 41.4. The summed E-state index contributed by atoms with van der Waals surface area (Å²) in [5, 5.41) is 45.8. The molecule has 0 aliphatic rings. The minimum Gasteiger partial charge on any atom is -0.481 e. The van der Waals surface area contributed by atoms with E-state index in [2.05, 4.69) is 35.9 Å². The summed E-state index contributed by atoms with van der Waals surface area (Å²) in [7, 11) is 0. The van der Waals surface area contributed by atoms with E-state index in [1.165, 1.54) is 30.1 Å². The van der Waals surface area contributed by atoms with Gasteiger partial charge in [-0.15, -0.1) is 0 Å². The van der Waals surface area contributed by atoms with Crippen molar-refractivity contribution < 1.29 is 54.0 Å². The van der Waals surface area contributed by atoms with Crippen molar-refractivity contribution in [2.45, 2.75) is 76.4 Å². The molecule has 56 heavy (non-hydrogen) atoms. The maximum absolute atomic E-state index is 12.8. The van der Waals surface area contributed by atoms with Gasteiger partial charge in [-0.1, -0.05) is 12.8 Å². The van der Waals surface area contributed by atoms with Crippen LogP contribution < -0.4 is 27.2 Å². The van der Waals surface area contributed by atoms with E-state index in [-0.39, 0.29) is 54.9 Å². The van der Waals surface area contributed by atoms with Crippen LogP contribution in [0.2, 0.25) is 0 Å². The van der Waals surface area contributed by atoms with E-state index >= 15 is 0 Å². The van der Waals surface area contributed by atoms with Crippen molar-refractivity contribution in [2.75, 3.05) is 23.1 Å². The number of ketones is 1. The van der Waals surface area contributed by atoms with Gasteiger partial charge in [0.25, 0.3) is 11.5 Å². The Hall–Kier alpha value is -6.12. The topological polar surface area (TPSA) is 334 Å². The number of unbranched alkanes of at least 4 members (excludes halogenated alkanes) is 1. The summed E-state index contributed by atoms with van der Waals surface area (Å²) in [4.78, 5) is 111. The molecular formula is C35H44N8O12S. The van der Waals surface area contributed by atoms with Crippen LogP contribution in [0.15, 0.2) is 35.3 Å². The summed E-state index contributed by atoms with van der Waals surface area (Å²) in [6, 6.07) is 3.23. The maximum atomic E-state index is 12.8.